The highest BCUT2D eigenvalue weighted by Crippen LogP contribution is 2.15. The first-order valence-electron chi connectivity index (χ1n) is 7.54. The van der Waals surface area contributed by atoms with Crippen molar-refractivity contribution in [1.82, 2.24) is 15.5 Å². The maximum Gasteiger partial charge on any atom is 0.313 e. The van der Waals surface area contributed by atoms with Gasteiger partial charge in [-0.3, -0.25) is 9.59 Å². The van der Waals surface area contributed by atoms with Crippen LogP contribution >= 0.6 is 0 Å². The Labute approximate surface area is 138 Å². The summed E-state index contributed by atoms with van der Waals surface area (Å²) < 4.78 is 18.1. The molecular weight excluding hydrogens is 315 g/mol. The SMILES string of the molecule is Cc1cc(F)ccc1NC(=O)C(=O)NCCc1nc(C(C)C)no1. The molecule has 0 saturated heterocycles. The van der Waals surface area contributed by atoms with Crippen molar-refractivity contribution in [1.29, 1.82) is 0 Å². The van der Waals surface area contributed by atoms with Crippen LogP contribution in [0.4, 0.5) is 10.1 Å². The van der Waals surface area contributed by atoms with Crippen LogP contribution in [0.1, 0.15) is 37.0 Å². The largest absolute Gasteiger partial charge is 0.347 e. The van der Waals surface area contributed by atoms with E-state index in [1.807, 2.05) is 13.8 Å². The molecule has 0 spiro atoms. The maximum absolute atomic E-state index is 13.0. The minimum Gasteiger partial charge on any atom is -0.347 e. The number of amides is 2. The number of anilines is 1. The zero-order valence-electron chi connectivity index (χ0n) is 13.7. The molecule has 1 heterocycles. The van der Waals surface area contributed by atoms with Crippen LogP contribution in [-0.4, -0.2) is 28.5 Å². The van der Waals surface area contributed by atoms with Crippen molar-refractivity contribution in [2.24, 2.45) is 0 Å². The number of carbonyl (C=O) groups is 2. The Balaban J connectivity index is 1.82. The van der Waals surface area contributed by atoms with Gasteiger partial charge in [-0.25, -0.2) is 4.39 Å². The van der Waals surface area contributed by atoms with Gasteiger partial charge in [-0.15, -0.1) is 0 Å². The van der Waals surface area contributed by atoms with E-state index < -0.39 is 17.6 Å². The molecule has 0 bridgehead atoms. The summed E-state index contributed by atoms with van der Waals surface area (Å²) >= 11 is 0. The lowest BCUT2D eigenvalue weighted by Gasteiger charge is -2.08. The van der Waals surface area contributed by atoms with Crippen LogP contribution < -0.4 is 10.6 Å². The Hall–Kier alpha value is -2.77. The Morgan fingerprint density at radius 3 is 2.67 bits per heavy atom. The zero-order chi connectivity index (χ0) is 17.7. The highest BCUT2D eigenvalue weighted by Gasteiger charge is 2.15. The van der Waals surface area contributed by atoms with Gasteiger partial charge < -0.3 is 15.2 Å². The van der Waals surface area contributed by atoms with E-state index in [0.29, 0.717) is 29.4 Å². The molecule has 8 heteroatoms. The fraction of sp³-hybridized carbons (Fsp3) is 0.375. The third-order valence-corrected chi connectivity index (χ3v) is 3.27. The van der Waals surface area contributed by atoms with Crippen LogP contribution in [0.5, 0.6) is 0 Å². The predicted molar refractivity (Wildman–Crippen MR) is 84.9 cm³/mol. The predicted octanol–water partition coefficient (Wildman–Crippen LogP) is 1.94. The van der Waals surface area contributed by atoms with Gasteiger partial charge in [0.05, 0.1) is 0 Å². The van der Waals surface area contributed by atoms with Crippen molar-refractivity contribution >= 4 is 17.5 Å². The summed E-state index contributed by atoms with van der Waals surface area (Å²) in [7, 11) is 0. The third kappa shape index (κ3) is 4.61. The van der Waals surface area contributed by atoms with Gasteiger partial charge in [-0.1, -0.05) is 19.0 Å². The molecule has 0 atom stereocenters. The lowest BCUT2D eigenvalue weighted by atomic mass is 10.2. The lowest BCUT2D eigenvalue weighted by molar-refractivity contribution is -0.136. The molecule has 0 aliphatic heterocycles. The van der Waals surface area contributed by atoms with Gasteiger partial charge in [0.15, 0.2) is 5.82 Å². The van der Waals surface area contributed by atoms with E-state index in [1.54, 1.807) is 6.92 Å². The van der Waals surface area contributed by atoms with E-state index >= 15 is 0 Å². The summed E-state index contributed by atoms with van der Waals surface area (Å²) in [5.41, 5.74) is 0.915. The first-order valence-corrected chi connectivity index (χ1v) is 7.54. The van der Waals surface area contributed by atoms with Crippen LogP contribution in [0.25, 0.3) is 0 Å². The number of halogens is 1. The second-order valence-corrected chi connectivity index (χ2v) is 5.62. The van der Waals surface area contributed by atoms with Gasteiger partial charge >= 0.3 is 11.8 Å². The van der Waals surface area contributed by atoms with Crippen LogP contribution in [0.2, 0.25) is 0 Å². The first kappa shape index (κ1) is 17.6. The van der Waals surface area contributed by atoms with Crippen molar-refractivity contribution in [2.75, 3.05) is 11.9 Å². The van der Waals surface area contributed by atoms with E-state index in [-0.39, 0.29) is 12.5 Å². The minimum absolute atomic E-state index is 0.154. The molecule has 0 aliphatic rings. The van der Waals surface area contributed by atoms with Crippen LogP contribution in [0.3, 0.4) is 0 Å². The summed E-state index contributed by atoms with van der Waals surface area (Å²) in [5.74, 6) is -0.868. The number of benzene rings is 1. The summed E-state index contributed by atoms with van der Waals surface area (Å²) in [4.78, 5) is 27.8. The average molecular weight is 334 g/mol. The van der Waals surface area contributed by atoms with E-state index in [4.69, 9.17) is 4.52 Å². The molecule has 0 radical (unpaired) electrons. The Bertz CT molecular complexity index is 743. The summed E-state index contributed by atoms with van der Waals surface area (Å²) in [6.45, 7) is 5.71. The van der Waals surface area contributed by atoms with Gasteiger partial charge in [0, 0.05) is 24.6 Å². The summed E-state index contributed by atoms with van der Waals surface area (Å²) in [5, 5.41) is 8.72. The molecule has 24 heavy (non-hydrogen) atoms. The highest BCUT2D eigenvalue weighted by molar-refractivity contribution is 6.39. The van der Waals surface area contributed by atoms with E-state index in [2.05, 4.69) is 20.8 Å². The molecule has 2 N–H and O–H groups in total. The molecule has 128 valence electrons. The monoisotopic (exact) mass is 334 g/mol. The minimum atomic E-state index is -0.821. The Kier molecular flexibility index (Phi) is 5.62. The summed E-state index contributed by atoms with van der Waals surface area (Å²) in [6, 6.07) is 3.89. The van der Waals surface area contributed by atoms with Crippen molar-refractivity contribution in [3.05, 3.63) is 41.3 Å². The number of nitrogens with zero attached hydrogens (tertiary/aromatic N) is 2. The molecule has 0 unspecified atom stereocenters. The first-order chi connectivity index (χ1) is 11.4. The van der Waals surface area contributed by atoms with Gasteiger partial charge in [0.1, 0.15) is 5.82 Å². The quantitative estimate of drug-likeness (QED) is 0.815. The van der Waals surface area contributed by atoms with Gasteiger partial charge in [0.25, 0.3) is 0 Å². The fourth-order valence-corrected chi connectivity index (χ4v) is 1.91. The zero-order valence-corrected chi connectivity index (χ0v) is 13.7. The number of rotatable bonds is 5. The van der Waals surface area contributed by atoms with Crippen LogP contribution in [-0.2, 0) is 16.0 Å². The molecule has 0 fully saturated rings. The molecule has 2 aromatic rings. The Morgan fingerprint density at radius 2 is 2.04 bits per heavy atom. The molecule has 2 amide bonds. The topological polar surface area (TPSA) is 97.1 Å². The molecule has 0 saturated carbocycles. The molecule has 1 aromatic carbocycles. The average Bonchev–Trinajstić information content (AvgIpc) is 2.99. The normalized spacial score (nSPS) is 10.7. The number of aromatic nitrogens is 2. The summed E-state index contributed by atoms with van der Waals surface area (Å²) in [6.07, 6.45) is 0.328. The maximum atomic E-state index is 13.0. The van der Waals surface area contributed by atoms with Crippen molar-refractivity contribution in [2.45, 2.75) is 33.1 Å². The number of hydrogen-bond acceptors (Lipinski definition) is 5. The second kappa shape index (κ2) is 7.67. The highest BCUT2D eigenvalue weighted by atomic mass is 19.1. The van der Waals surface area contributed by atoms with Gasteiger partial charge in [-0.2, -0.15) is 4.98 Å². The lowest BCUT2D eigenvalue weighted by Crippen LogP contribution is -2.36. The molecule has 0 aliphatic carbocycles. The number of carbonyl (C=O) groups excluding carboxylic acids is 2. The number of nitrogens with one attached hydrogen (secondary N) is 2. The second-order valence-electron chi connectivity index (χ2n) is 5.62. The molecule has 2 rings (SSSR count). The fourth-order valence-electron chi connectivity index (χ4n) is 1.91. The number of aryl methyl sites for hydroxylation is 1. The van der Waals surface area contributed by atoms with Crippen LogP contribution in [0, 0.1) is 12.7 Å². The van der Waals surface area contributed by atoms with Crippen molar-refractivity contribution in [3.8, 4) is 0 Å². The molecular formula is C16H19FN4O3. The van der Waals surface area contributed by atoms with E-state index in [1.165, 1.54) is 18.2 Å². The standard InChI is InChI=1S/C16H19FN4O3/c1-9(2)14-20-13(24-21-14)6-7-18-15(22)16(23)19-12-5-4-11(17)8-10(12)3/h4-5,8-9H,6-7H2,1-3H3,(H,18,22)(H,19,23). The third-order valence-electron chi connectivity index (χ3n) is 3.27. The van der Waals surface area contributed by atoms with E-state index in [9.17, 15) is 14.0 Å². The number of hydrogen-bond donors (Lipinski definition) is 2. The van der Waals surface area contributed by atoms with Gasteiger partial charge in [-0.05, 0) is 30.7 Å². The van der Waals surface area contributed by atoms with Crippen molar-refractivity contribution in [3.63, 3.8) is 0 Å². The molecule has 1 aromatic heterocycles. The smallest absolute Gasteiger partial charge is 0.313 e. The van der Waals surface area contributed by atoms with Crippen LogP contribution in [0.15, 0.2) is 22.7 Å². The van der Waals surface area contributed by atoms with E-state index in [0.717, 1.165) is 0 Å². The van der Waals surface area contributed by atoms with Crippen molar-refractivity contribution < 1.29 is 18.5 Å². The molecule has 7 nitrogen and oxygen atoms in total. The Morgan fingerprint density at radius 1 is 1.29 bits per heavy atom. The van der Waals surface area contributed by atoms with Gasteiger partial charge in [0.2, 0.25) is 5.89 Å².